The topological polar surface area (TPSA) is 69.6 Å². The molecule has 0 aromatic carbocycles. The van der Waals surface area contributed by atoms with E-state index < -0.39 is 24.7 Å². The smallest absolute Gasteiger partial charge is 0.401 e. The summed E-state index contributed by atoms with van der Waals surface area (Å²) in [6.45, 7) is 1.26. The average Bonchev–Trinajstić information content (AvgIpc) is 2.41. The van der Waals surface area contributed by atoms with Crippen molar-refractivity contribution in [2.24, 2.45) is 5.92 Å². The molecule has 0 aliphatic carbocycles. The minimum absolute atomic E-state index is 0.0369. The summed E-state index contributed by atoms with van der Waals surface area (Å²) in [5.74, 6) is -1.14. The number of hydrogen-bond donors (Lipinski definition) is 2. The van der Waals surface area contributed by atoms with E-state index in [-0.39, 0.29) is 31.2 Å². The molecule has 2 unspecified atom stereocenters. The molecular formula is C13H21F3N2O3. The Balaban J connectivity index is 2.61. The maximum absolute atomic E-state index is 12.3. The number of nitrogens with zero attached hydrogens (tertiary/aromatic N) is 1. The molecule has 122 valence electrons. The zero-order valence-electron chi connectivity index (χ0n) is 11.9. The highest BCUT2D eigenvalue weighted by Gasteiger charge is 2.33. The van der Waals surface area contributed by atoms with Gasteiger partial charge in [0.2, 0.25) is 5.91 Å². The first kappa shape index (κ1) is 17.7. The van der Waals surface area contributed by atoms with E-state index in [2.05, 4.69) is 5.32 Å². The number of rotatable bonds is 6. The van der Waals surface area contributed by atoms with E-state index in [4.69, 9.17) is 5.11 Å². The minimum Gasteiger partial charge on any atom is -0.481 e. The average molecular weight is 310 g/mol. The van der Waals surface area contributed by atoms with Crippen molar-refractivity contribution in [1.29, 1.82) is 0 Å². The lowest BCUT2D eigenvalue weighted by Crippen LogP contribution is -2.52. The quantitative estimate of drug-likeness (QED) is 0.782. The molecule has 8 heteroatoms. The number of amides is 1. The Morgan fingerprint density at radius 2 is 2.00 bits per heavy atom. The maximum Gasteiger partial charge on any atom is 0.401 e. The zero-order valence-corrected chi connectivity index (χ0v) is 11.9. The molecule has 1 aliphatic heterocycles. The number of hydrogen-bond acceptors (Lipinski definition) is 3. The van der Waals surface area contributed by atoms with E-state index in [1.54, 1.807) is 6.92 Å². The lowest BCUT2D eigenvalue weighted by molar-refractivity contribution is -0.137. The second-order valence-corrected chi connectivity index (χ2v) is 5.38. The molecule has 1 fully saturated rings. The lowest BCUT2D eigenvalue weighted by atomic mass is 9.90. The monoisotopic (exact) mass is 310 g/mol. The summed E-state index contributed by atoms with van der Waals surface area (Å²) in [6.07, 6.45) is -3.22. The van der Waals surface area contributed by atoms with Crippen LogP contribution in [0.3, 0.4) is 0 Å². The Bertz CT molecular complexity index is 374. The standard InChI is InChI=1S/C13H21F3N2O3/c1-2-11(19)18-6-9(3-4-12(20)21)5-10(7-18)17-8-13(14,15)16/h9-10,17H,2-8H2,1H3,(H,20,21). The summed E-state index contributed by atoms with van der Waals surface area (Å²) in [5.41, 5.74) is 0. The van der Waals surface area contributed by atoms with E-state index in [0.717, 1.165) is 0 Å². The van der Waals surface area contributed by atoms with Crippen LogP contribution in [0.1, 0.15) is 32.6 Å². The second-order valence-electron chi connectivity index (χ2n) is 5.38. The SMILES string of the molecule is CCC(=O)N1CC(CCC(=O)O)CC(NCC(F)(F)F)C1. The number of piperidine rings is 1. The van der Waals surface area contributed by atoms with Gasteiger partial charge in [-0.1, -0.05) is 6.92 Å². The van der Waals surface area contributed by atoms with E-state index >= 15 is 0 Å². The molecule has 1 saturated heterocycles. The highest BCUT2D eigenvalue weighted by molar-refractivity contribution is 5.76. The van der Waals surface area contributed by atoms with Gasteiger partial charge in [0.1, 0.15) is 0 Å². The molecular weight excluding hydrogens is 289 g/mol. The highest BCUT2D eigenvalue weighted by Crippen LogP contribution is 2.23. The Labute approximate surface area is 121 Å². The van der Waals surface area contributed by atoms with E-state index in [1.165, 1.54) is 4.90 Å². The van der Waals surface area contributed by atoms with Crippen LogP contribution < -0.4 is 5.32 Å². The number of aliphatic carboxylic acids is 1. The largest absolute Gasteiger partial charge is 0.481 e. The van der Waals surface area contributed by atoms with Crippen LogP contribution >= 0.6 is 0 Å². The Morgan fingerprint density at radius 1 is 1.33 bits per heavy atom. The number of carboxylic acid groups (broad SMARTS) is 1. The molecule has 1 amide bonds. The van der Waals surface area contributed by atoms with E-state index in [1.807, 2.05) is 0 Å². The number of likely N-dealkylation sites (tertiary alicyclic amines) is 1. The third kappa shape index (κ3) is 6.79. The van der Waals surface area contributed by atoms with Gasteiger partial charge < -0.3 is 15.3 Å². The number of carboxylic acids is 1. The first-order valence-corrected chi connectivity index (χ1v) is 7.01. The molecule has 21 heavy (non-hydrogen) atoms. The van der Waals surface area contributed by atoms with Crippen LogP contribution in [-0.2, 0) is 9.59 Å². The van der Waals surface area contributed by atoms with Gasteiger partial charge in [0, 0.05) is 32.0 Å². The Hall–Kier alpha value is -1.31. The van der Waals surface area contributed by atoms with Crippen LogP contribution in [0, 0.1) is 5.92 Å². The first-order valence-electron chi connectivity index (χ1n) is 7.01. The van der Waals surface area contributed by atoms with Crippen LogP contribution in [0.4, 0.5) is 13.2 Å². The fraction of sp³-hybridized carbons (Fsp3) is 0.846. The molecule has 2 N–H and O–H groups in total. The molecule has 2 atom stereocenters. The molecule has 1 rings (SSSR count). The minimum atomic E-state index is -4.30. The van der Waals surface area contributed by atoms with Crippen LogP contribution in [0.2, 0.25) is 0 Å². The molecule has 0 radical (unpaired) electrons. The highest BCUT2D eigenvalue weighted by atomic mass is 19.4. The van der Waals surface area contributed by atoms with Gasteiger partial charge in [0.25, 0.3) is 0 Å². The van der Waals surface area contributed by atoms with Crippen molar-refractivity contribution in [3.05, 3.63) is 0 Å². The molecule has 0 aromatic rings. The van der Waals surface area contributed by atoms with Gasteiger partial charge in [-0.25, -0.2) is 0 Å². The molecule has 1 heterocycles. The van der Waals surface area contributed by atoms with Gasteiger partial charge in [-0.15, -0.1) is 0 Å². The zero-order chi connectivity index (χ0) is 16.0. The van der Waals surface area contributed by atoms with Gasteiger partial charge in [0.15, 0.2) is 0 Å². The summed E-state index contributed by atoms with van der Waals surface area (Å²) in [7, 11) is 0. The summed E-state index contributed by atoms with van der Waals surface area (Å²) >= 11 is 0. The van der Waals surface area contributed by atoms with E-state index in [0.29, 0.717) is 19.4 Å². The van der Waals surface area contributed by atoms with Gasteiger partial charge in [-0.2, -0.15) is 13.2 Å². The van der Waals surface area contributed by atoms with Crippen molar-refractivity contribution in [2.75, 3.05) is 19.6 Å². The Morgan fingerprint density at radius 3 is 2.52 bits per heavy atom. The summed E-state index contributed by atoms with van der Waals surface area (Å²) < 4.78 is 36.8. The second kappa shape index (κ2) is 7.63. The summed E-state index contributed by atoms with van der Waals surface area (Å²) in [5, 5.41) is 11.1. The number of halogens is 3. The van der Waals surface area contributed by atoms with Crippen LogP contribution in [-0.4, -0.2) is 53.7 Å². The predicted molar refractivity (Wildman–Crippen MR) is 69.7 cm³/mol. The normalized spacial score (nSPS) is 23.1. The van der Waals surface area contributed by atoms with Gasteiger partial charge >= 0.3 is 12.1 Å². The van der Waals surface area contributed by atoms with Crippen molar-refractivity contribution < 1.29 is 27.9 Å². The molecule has 0 bridgehead atoms. The third-order valence-electron chi connectivity index (χ3n) is 3.55. The molecule has 0 spiro atoms. The van der Waals surface area contributed by atoms with Crippen molar-refractivity contribution in [3.63, 3.8) is 0 Å². The van der Waals surface area contributed by atoms with Crippen LogP contribution in [0.25, 0.3) is 0 Å². The molecule has 0 saturated carbocycles. The lowest BCUT2D eigenvalue weighted by Gasteiger charge is -2.38. The number of nitrogens with one attached hydrogen (secondary N) is 1. The maximum atomic E-state index is 12.3. The molecule has 5 nitrogen and oxygen atoms in total. The van der Waals surface area contributed by atoms with Crippen LogP contribution in [0.15, 0.2) is 0 Å². The number of carbonyl (C=O) groups is 2. The van der Waals surface area contributed by atoms with Gasteiger partial charge in [0.05, 0.1) is 6.54 Å². The van der Waals surface area contributed by atoms with Crippen LogP contribution in [0.5, 0.6) is 0 Å². The Kier molecular flexibility index (Phi) is 6.44. The molecule has 0 aromatic heterocycles. The van der Waals surface area contributed by atoms with Crippen molar-refractivity contribution in [3.8, 4) is 0 Å². The number of alkyl halides is 3. The third-order valence-corrected chi connectivity index (χ3v) is 3.55. The van der Waals surface area contributed by atoms with Crippen molar-refractivity contribution in [2.45, 2.75) is 44.8 Å². The summed E-state index contributed by atoms with van der Waals surface area (Å²) in [4.78, 5) is 23.9. The number of carbonyl (C=O) groups excluding carboxylic acids is 1. The fourth-order valence-electron chi connectivity index (χ4n) is 2.58. The first-order chi connectivity index (χ1) is 9.71. The fourth-order valence-corrected chi connectivity index (χ4v) is 2.58. The van der Waals surface area contributed by atoms with Gasteiger partial charge in [-0.05, 0) is 18.8 Å². The van der Waals surface area contributed by atoms with Gasteiger partial charge in [-0.3, -0.25) is 9.59 Å². The molecule has 1 aliphatic rings. The van der Waals surface area contributed by atoms with Crippen molar-refractivity contribution in [1.82, 2.24) is 10.2 Å². The van der Waals surface area contributed by atoms with Crippen molar-refractivity contribution >= 4 is 11.9 Å². The predicted octanol–water partition coefficient (Wildman–Crippen LogP) is 1.63. The van der Waals surface area contributed by atoms with E-state index in [9.17, 15) is 22.8 Å². The summed E-state index contributed by atoms with van der Waals surface area (Å²) in [6, 6.07) is -0.449.